The lowest BCUT2D eigenvalue weighted by Gasteiger charge is -2.29. The normalized spacial score (nSPS) is 13.0. The van der Waals surface area contributed by atoms with Crippen LogP contribution in [0.2, 0.25) is 0 Å². The number of benzene rings is 2. The molecule has 2 amide bonds. The van der Waals surface area contributed by atoms with Gasteiger partial charge in [-0.1, -0.05) is 28.1 Å². The van der Waals surface area contributed by atoms with Gasteiger partial charge in [-0.3, -0.25) is 9.59 Å². The van der Waals surface area contributed by atoms with Crippen LogP contribution >= 0.6 is 15.9 Å². The second-order valence-electron chi connectivity index (χ2n) is 6.71. The summed E-state index contributed by atoms with van der Waals surface area (Å²) in [5, 5.41) is 2.89. The minimum atomic E-state index is -0.176. The van der Waals surface area contributed by atoms with Crippen molar-refractivity contribution in [3.8, 4) is 5.75 Å². The average molecular weight is 445 g/mol. The van der Waals surface area contributed by atoms with Crippen LogP contribution in [0.15, 0.2) is 46.9 Å². The predicted molar refractivity (Wildman–Crippen MR) is 114 cm³/mol. The maximum atomic E-state index is 12.7. The second-order valence-corrected chi connectivity index (χ2v) is 7.63. The van der Waals surface area contributed by atoms with Crippen molar-refractivity contribution >= 4 is 33.4 Å². The zero-order chi connectivity index (χ0) is 19.9. The molecule has 3 rings (SSSR count). The van der Waals surface area contributed by atoms with Gasteiger partial charge in [0.2, 0.25) is 5.91 Å². The molecule has 6 heteroatoms. The molecule has 1 aliphatic heterocycles. The molecule has 1 aliphatic rings. The van der Waals surface area contributed by atoms with Gasteiger partial charge >= 0.3 is 0 Å². The number of hydrogen-bond donors (Lipinski definition) is 1. The molecule has 0 saturated carbocycles. The van der Waals surface area contributed by atoms with Crippen LogP contribution in [0.1, 0.15) is 42.1 Å². The highest BCUT2D eigenvalue weighted by atomic mass is 79.9. The number of nitrogens with one attached hydrogen (secondary N) is 1. The van der Waals surface area contributed by atoms with E-state index in [9.17, 15) is 9.59 Å². The SMILES string of the molecule is CCOc1ccccc1C(=O)NCCCC(=O)N1CCCc2cc(Br)ccc21. The summed E-state index contributed by atoms with van der Waals surface area (Å²) in [6, 6.07) is 13.2. The molecular formula is C22H25BrN2O3. The summed E-state index contributed by atoms with van der Waals surface area (Å²) in [5.41, 5.74) is 2.73. The number of ether oxygens (including phenoxy) is 1. The second kappa shape index (κ2) is 9.73. The van der Waals surface area contributed by atoms with Crippen molar-refractivity contribution in [3.63, 3.8) is 0 Å². The van der Waals surface area contributed by atoms with Gasteiger partial charge in [0, 0.05) is 29.7 Å². The molecule has 0 spiro atoms. The van der Waals surface area contributed by atoms with Gasteiger partial charge in [-0.05, 0) is 62.1 Å². The van der Waals surface area contributed by atoms with E-state index in [1.54, 1.807) is 12.1 Å². The summed E-state index contributed by atoms with van der Waals surface area (Å²) in [6.07, 6.45) is 2.97. The number of carbonyl (C=O) groups is 2. The van der Waals surface area contributed by atoms with Gasteiger partial charge in [-0.15, -0.1) is 0 Å². The molecule has 1 N–H and O–H groups in total. The lowest BCUT2D eigenvalue weighted by Crippen LogP contribution is -2.36. The van der Waals surface area contributed by atoms with Gasteiger partial charge in [0.1, 0.15) is 5.75 Å². The number of rotatable bonds is 7. The molecule has 148 valence electrons. The van der Waals surface area contributed by atoms with Crippen molar-refractivity contribution in [1.82, 2.24) is 5.32 Å². The number of anilines is 1. The minimum Gasteiger partial charge on any atom is -0.493 e. The van der Waals surface area contributed by atoms with Gasteiger partial charge < -0.3 is 15.0 Å². The van der Waals surface area contributed by atoms with E-state index >= 15 is 0 Å². The zero-order valence-electron chi connectivity index (χ0n) is 16.0. The van der Waals surface area contributed by atoms with E-state index < -0.39 is 0 Å². The Morgan fingerprint density at radius 1 is 1.21 bits per heavy atom. The number of fused-ring (bicyclic) bond motifs is 1. The summed E-state index contributed by atoms with van der Waals surface area (Å²) in [5.74, 6) is 0.506. The van der Waals surface area contributed by atoms with Crippen molar-refractivity contribution in [2.45, 2.75) is 32.6 Å². The predicted octanol–water partition coefficient (Wildman–Crippen LogP) is 4.34. The van der Waals surface area contributed by atoms with Crippen LogP contribution in [0.25, 0.3) is 0 Å². The number of amides is 2. The molecule has 5 nitrogen and oxygen atoms in total. The van der Waals surface area contributed by atoms with Crippen molar-refractivity contribution in [2.75, 3.05) is 24.6 Å². The molecule has 0 radical (unpaired) electrons. The number of halogens is 1. The van der Waals surface area contributed by atoms with E-state index in [1.165, 1.54) is 5.56 Å². The summed E-state index contributed by atoms with van der Waals surface area (Å²) in [6.45, 7) is 3.60. The molecule has 0 aromatic heterocycles. The van der Waals surface area contributed by atoms with Crippen LogP contribution in [-0.2, 0) is 11.2 Å². The third-order valence-corrected chi connectivity index (χ3v) is 5.24. The van der Waals surface area contributed by atoms with E-state index in [0.29, 0.717) is 37.3 Å². The van der Waals surface area contributed by atoms with E-state index in [1.807, 2.05) is 36.1 Å². The minimum absolute atomic E-state index is 0.104. The highest BCUT2D eigenvalue weighted by molar-refractivity contribution is 9.10. The molecule has 2 aromatic carbocycles. The first-order valence-corrected chi connectivity index (χ1v) is 10.5. The van der Waals surface area contributed by atoms with Crippen LogP contribution < -0.4 is 15.0 Å². The Balaban J connectivity index is 1.51. The quantitative estimate of drug-likeness (QED) is 0.646. The van der Waals surface area contributed by atoms with Gasteiger partial charge in [0.05, 0.1) is 12.2 Å². The Morgan fingerprint density at radius 3 is 2.86 bits per heavy atom. The van der Waals surface area contributed by atoms with E-state index in [2.05, 4.69) is 27.3 Å². The first kappa shape index (κ1) is 20.4. The van der Waals surface area contributed by atoms with E-state index in [4.69, 9.17) is 4.74 Å². The summed E-state index contributed by atoms with van der Waals surface area (Å²) in [7, 11) is 0. The fraction of sp³-hybridized carbons (Fsp3) is 0.364. The Morgan fingerprint density at radius 2 is 2.04 bits per heavy atom. The van der Waals surface area contributed by atoms with Gasteiger partial charge in [-0.25, -0.2) is 0 Å². The van der Waals surface area contributed by atoms with Crippen LogP contribution in [0, 0.1) is 0 Å². The van der Waals surface area contributed by atoms with E-state index in [-0.39, 0.29) is 11.8 Å². The molecule has 0 atom stereocenters. The Hall–Kier alpha value is -2.34. The van der Waals surface area contributed by atoms with Crippen molar-refractivity contribution in [3.05, 3.63) is 58.1 Å². The van der Waals surface area contributed by atoms with Gasteiger partial charge in [0.25, 0.3) is 5.91 Å². The highest BCUT2D eigenvalue weighted by Crippen LogP contribution is 2.30. The molecule has 0 fully saturated rings. The first-order valence-electron chi connectivity index (χ1n) is 9.69. The Bertz CT molecular complexity index is 853. The zero-order valence-corrected chi connectivity index (χ0v) is 17.6. The standard InChI is InChI=1S/C22H25BrN2O3/c1-2-28-20-9-4-3-8-18(20)22(27)24-13-5-10-21(26)25-14-6-7-16-15-17(23)11-12-19(16)25/h3-4,8-9,11-12,15H,2,5-7,10,13-14H2,1H3,(H,24,27). The topological polar surface area (TPSA) is 58.6 Å². The maximum absolute atomic E-state index is 12.7. The third kappa shape index (κ3) is 4.93. The van der Waals surface area contributed by atoms with Gasteiger partial charge in [-0.2, -0.15) is 0 Å². The van der Waals surface area contributed by atoms with Crippen molar-refractivity contribution in [1.29, 1.82) is 0 Å². The molecular weight excluding hydrogens is 420 g/mol. The Kier molecular flexibility index (Phi) is 7.09. The van der Waals surface area contributed by atoms with E-state index in [0.717, 1.165) is 29.5 Å². The third-order valence-electron chi connectivity index (χ3n) is 4.75. The lowest BCUT2D eigenvalue weighted by atomic mass is 10.0. The number of para-hydroxylation sites is 1. The average Bonchev–Trinajstić information content (AvgIpc) is 2.71. The maximum Gasteiger partial charge on any atom is 0.255 e. The molecule has 28 heavy (non-hydrogen) atoms. The first-order chi connectivity index (χ1) is 13.6. The van der Waals surface area contributed by atoms with Crippen LogP contribution in [0.4, 0.5) is 5.69 Å². The number of nitrogens with zero attached hydrogens (tertiary/aromatic N) is 1. The van der Waals surface area contributed by atoms with Crippen molar-refractivity contribution in [2.24, 2.45) is 0 Å². The number of hydrogen-bond acceptors (Lipinski definition) is 3. The lowest BCUT2D eigenvalue weighted by molar-refractivity contribution is -0.118. The fourth-order valence-corrected chi connectivity index (χ4v) is 3.84. The van der Waals surface area contributed by atoms with Crippen LogP contribution in [0.3, 0.4) is 0 Å². The highest BCUT2D eigenvalue weighted by Gasteiger charge is 2.22. The largest absolute Gasteiger partial charge is 0.493 e. The summed E-state index contributed by atoms with van der Waals surface area (Å²) in [4.78, 5) is 26.9. The van der Waals surface area contributed by atoms with Crippen LogP contribution in [-0.4, -0.2) is 31.5 Å². The molecule has 0 saturated heterocycles. The summed E-state index contributed by atoms with van der Waals surface area (Å²) >= 11 is 3.49. The number of aryl methyl sites for hydroxylation is 1. The molecule has 0 unspecified atom stereocenters. The Labute approximate surface area is 174 Å². The summed E-state index contributed by atoms with van der Waals surface area (Å²) < 4.78 is 6.54. The number of carbonyl (C=O) groups excluding carboxylic acids is 2. The molecule has 0 bridgehead atoms. The molecule has 0 aliphatic carbocycles. The molecule has 1 heterocycles. The van der Waals surface area contributed by atoms with Crippen LogP contribution in [0.5, 0.6) is 5.75 Å². The molecule has 2 aromatic rings. The monoisotopic (exact) mass is 444 g/mol. The smallest absolute Gasteiger partial charge is 0.255 e. The fourth-order valence-electron chi connectivity index (χ4n) is 3.43. The van der Waals surface area contributed by atoms with Gasteiger partial charge in [0.15, 0.2) is 0 Å². The van der Waals surface area contributed by atoms with Crippen molar-refractivity contribution < 1.29 is 14.3 Å².